The number of aromatic nitrogens is 2. The summed E-state index contributed by atoms with van der Waals surface area (Å²) in [6.07, 6.45) is 1.87. The second kappa shape index (κ2) is 5.85. The quantitative estimate of drug-likeness (QED) is 0.583. The van der Waals surface area contributed by atoms with Crippen LogP contribution in [0.5, 0.6) is 0 Å². The Morgan fingerprint density at radius 3 is 1.67 bits per heavy atom. The maximum Gasteiger partial charge on any atom is 0.237 e. The third-order valence-corrected chi connectivity index (χ3v) is 3.03. The minimum atomic E-state index is 0.303. The van der Waals surface area contributed by atoms with Gasteiger partial charge in [0.15, 0.2) is 6.19 Å². The molecule has 0 fully saturated rings. The highest BCUT2D eigenvalue weighted by Crippen LogP contribution is 2.24. The fourth-order valence-electron chi connectivity index (χ4n) is 2.07. The van der Waals surface area contributed by atoms with Crippen LogP contribution in [0.3, 0.4) is 0 Å². The van der Waals surface area contributed by atoms with E-state index in [-0.39, 0.29) is 0 Å². The number of nitriles is 1. The zero-order chi connectivity index (χ0) is 14.5. The topological polar surface area (TPSA) is 61.6 Å². The Kier molecular flexibility index (Phi) is 3.57. The minimum absolute atomic E-state index is 0.303. The van der Waals surface area contributed by atoms with E-state index in [1.54, 1.807) is 0 Å². The van der Waals surface area contributed by atoms with E-state index in [4.69, 9.17) is 5.26 Å². The van der Waals surface area contributed by atoms with Crippen LogP contribution in [0.15, 0.2) is 66.7 Å². The Morgan fingerprint density at radius 2 is 1.24 bits per heavy atom. The van der Waals surface area contributed by atoms with Crippen LogP contribution in [0.2, 0.25) is 0 Å². The van der Waals surface area contributed by atoms with Gasteiger partial charge in [0, 0.05) is 11.1 Å². The van der Waals surface area contributed by atoms with Crippen molar-refractivity contribution in [2.75, 3.05) is 5.32 Å². The summed E-state index contributed by atoms with van der Waals surface area (Å²) in [6, 6.07) is 21.6. The van der Waals surface area contributed by atoms with Crippen molar-refractivity contribution in [1.82, 2.24) is 9.97 Å². The Labute approximate surface area is 122 Å². The van der Waals surface area contributed by atoms with Gasteiger partial charge in [-0.2, -0.15) is 5.26 Å². The SMILES string of the molecule is N#CNc1nc(-c2ccccc2)cc(-c2ccccc2)n1. The van der Waals surface area contributed by atoms with Crippen molar-refractivity contribution in [1.29, 1.82) is 5.26 Å². The van der Waals surface area contributed by atoms with Gasteiger partial charge in [-0.25, -0.2) is 9.97 Å². The highest BCUT2D eigenvalue weighted by molar-refractivity contribution is 5.69. The fraction of sp³-hybridized carbons (Fsp3) is 0. The van der Waals surface area contributed by atoms with E-state index < -0.39 is 0 Å². The van der Waals surface area contributed by atoms with Gasteiger partial charge >= 0.3 is 0 Å². The van der Waals surface area contributed by atoms with Crippen molar-refractivity contribution in [3.05, 3.63) is 66.7 Å². The van der Waals surface area contributed by atoms with Crippen molar-refractivity contribution in [2.24, 2.45) is 0 Å². The summed E-state index contributed by atoms with van der Waals surface area (Å²) < 4.78 is 0. The molecule has 0 radical (unpaired) electrons. The maximum absolute atomic E-state index is 8.80. The Morgan fingerprint density at radius 1 is 0.762 bits per heavy atom. The fourth-order valence-corrected chi connectivity index (χ4v) is 2.07. The number of rotatable bonds is 3. The molecule has 0 aliphatic rings. The van der Waals surface area contributed by atoms with Gasteiger partial charge in [0.25, 0.3) is 0 Å². The molecule has 1 heterocycles. The number of nitrogens with zero attached hydrogens (tertiary/aromatic N) is 3. The lowest BCUT2D eigenvalue weighted by atomic mass is 10.1. The van der Waals surface area contributed by atoms with Crippen molar-refractivity contribution < 1.29 is 0 Å². The Balaban J connectivity index is 2.13. The van der Waals surface area contributed by atoms with Crippen LogP contribution in [-0.2, 0) is 0 Å². The van der Waals surface area contributed by atoms with Crippen LogP contribution in [-0.4, -0.2) is 9.97 Å². The monoisotopic (exact) mass is 272 g/mol. The van der Waals surface area contributed by atoms with Crippen LogP contribution in [0.4, 0.5) is 5.95 Å². The van der Waals surface area contributed by atoms with Crippen molar-refractivity contribution in [2.45, 2.75) is 0 Å². The second-order valence-electron chi connectivity index (χ2n) is 4.43. The van der Waals surface area contributed by atoms with E-state index in [0.717, 1.165) is 22.5 Å². The van der Waals surface area contributed by atoms with E-state index in [1.807, 2.05) is 72.9 Å². The second-order valence-corrected chi connectivity index (χ2v) is 4.43. The van der Waals surface area contributed by atoms with E-state index in [0.29, 0.717) is 5.95 Å². The first kappa shape index (κ1) is 12.8. The van der Waals surface area contributed by atoms with Crippen LogP contribution in [0.1, 0.15) is 0 Å². The zero-order valence-electron chi connectivity index (χ0n) is 11.2. The molecule has 0 bridgehead atoms. The first-order valence-electron chi connectivity index (χ1n) is 6.52. The molecule has 0 saturated heterocycles. The van der Waals surface area contributed by atoms with Gasteiger partial charge < -0.3 is 0 Å². The molecule has 0 aliphatic heterocycles. The van der Waals surface area contributed by atoms with E-state index in [1.165, 1.54) is 0 Å². The number of benzene rings is 2. The molecule has 0 unspecified atom stereocenters. The average molecular weight is 272 g/mol. The summed E-state index contributed by atoms with van der Waals surface area (Å²) in [6.45, 7) is 0. The van der Waals surface area contributed by atoms with Gasteiger partial charge in [-0.05, 0) is 6.07 Å². The normalized spacial score (nSPS) is 9.86. The predicted molar refractivity (Wildman–Crippen MR) is 82.1 cm³/mol. The molecular formula is C17H12N4. The lowest BCUT2D eigenvalue weighted by Crippen LogP contribution is -1.99. The molecule has 2 aromatic carbocycles. The van der Waals surface area contributed by atoms with Crippen LogP contribution in [0.25, 0.3) is 22.5 Å². The maximum atomic E-state index is 8.80. The van der Waals surface area contributed by atoms with Crippen LogP contribution < -0.4 is 5.32 Å². The number of nitrogens with one attached hydrogen (secondary N) is 1. The van der Waals surface area contributed by atoms with Gasteiger partial charge in [-0.1, -0.05) is 60.7 Å². The van der Waals surface area contributed by atoms with Gasteiger partial charge in [0.05, 0.1) is 11.4 Å². The molecule has 100 valence electrons. The number of hydrogen-bond acceptors (Lipinski definition) is 4. The summed E-state index contributed by atoms with van der Waals surface area (Å²) in [5.74, 6) is 0.303. The van der Waals surface area contributed by atoms with E-state index >= 15 is 0 Å². The van der Waals surface area contributed by atoms with Gasteiger partial charge in [0.1, 0.15) is 0 Å². The molecule has 3 rings (SSSR count). The molecule has 4 nitrogen and oxygen atoms in total. The molecule has 21 heavy (non-hydrogen) atoms. The van der Waals surface area contributed by atoms with Crippen molar-refractivity contribution >= 4 is 5.95 Å². The summed E-state index contributed by atoms with van der Waals surface area (Å²) in [5.41, 5.74) is 3.53. The molecule has 3 aromatic rings. The summed E-state index contributed by atoms with van der Waals surface area (Å²) in [4.78, 5) is 8.75. The third-order valence-electron chi connectivity index (χ3n) is 3.03. The first-order chi connectivity index (χ1) is 10.4. The lowest BCUT2D eigenvalue weighted by Gasteiger charge is -2.07. The van der Waals surface area contributed by atoms with Crippen molar-refractivity contribution in [3.8, 4) is 28.7 Å². The molecular weight excluding hydrogens is 260 g/mol. The number of hydrogen-bond donors (Lipinski definition) is 1. The van der Waals surface area contributed by atoms with Gasteiger partial charge in [-0.15, -0.1) is 0 Å². The zero-order valence-corrected chi connectivity index (χ0v) is 11.2. The van der Waals surface area contributed by atoms with E-state index in [2.05, 4.69) is 15.3 Å². The van der Waals surface area contributed by atoms with Gasteiger partial charge in [0.2, 0.25) is 5.95 Å². The van der Waals surface area contributed by atoms with Crippen LogP contribution in [0, 0.1) is 11.5 Å². The minimum Gasteiger partial charge on any atom is -0.261 e. The standard InChI is InChI=1S/C17H12N4/c18-12-19-17-20-15(13-7-3-1-4-8-13)11-16(21-17)14-9-5-2-6-10-14/h1-11H,(H,19,20,21). The molecule has 0 atom stereocenters. The molecule has 0 spiro atoms. The molecule has 0 aliphatic carbocycles. The molecule has 4 heteroatoms. The highest BCUT2D eigenvalue weighted by Gasteiger charge is 2.07. The molecule has 0 saturated carbocycles. The third kappa shape index (κ3) is 2.88. The average Bonchev–Trinajstić information content (AvgIpc) is 2.56. The lowest BCUT2D eigenvalue weighted by molar-refractivity contribution is 1.17. The van der Waals surface area contributed by atoms with Crippen LogP contribution >= 0.6 is 0 Å². The van der Waals surface area contributed by atoms with E-state index in [9.17, 15) is 0 Å². The summed E-state index contributed by atoms with van der Waals surface area (Å²) in [5, 5.41) is 11.3. The smallest absolute Gasteiger partial charge is 0.237 e. The largest absolute Gasteiger partial charge is 0.261 e. The Bertz CT molecular complexity index is 719. The summed E-state index contributed by atoms with van der Waals surface area (Å²) in [7, 11) is 0. The summed E-state index contributed by atoms with van der Waals surface area (Å²) >= 11 is 0. The number of anilines is 1. The van der Waals surface area contributed by atoms with Crippen molar-refractivity contribution in [3.63, 3.8) is 0 Å². The highest BCUT2D eigenvalue weighted by atomic mass is 15.1. The molecule has 1 N–H and O–H groups in total. The molecule has 0 amide bonds. The van der Waals surface area contributed by atoms with Gasteiger partial charge in [-0.3, -0.25) is 5.32 Å². The Hall–Kier alpha value is -3.19. The first-order valence-corrected chi connectivity index (χ1v) is 6.52. The predicted octanol–water partition coefficient (Wildman–Crippen LogP) is 3.70. The molecule has 1 aromatic heterocycles.